The van der Waals surface area contributed by atoms with Crippen LogP contribution in [0.1, 0.15) is 43.9 Å². The molecular weight excluding hydrogens is 586 g/mol. The molecule has 0 bridgehead atoms. The lowest BCUT2D eigenvalue weighted by Gasteiger charge is -2.32. The molecule has 244 valence electrons. The first-order valence-corrected chi connectivity index (χ1v) is 15.4. The summed E-state index contributed by atoms with van der Waals surface area (Å²) in [7, 11) is 0. The Morgan fingerprint density at radius 1 is 0.826 bits per heavy atom. The van der Waals surface area contributed by atoms with E-state index in [1.54, 1.807) is 13.8 Å². The fourth-order valence-electron chi connectivity index (χ4n) is 5.50. The standard InChI is InChI=1S/C35H43N5O6/c1-23(32(43)38-28(31(36)42)20-25-15-9-5-10-16-25)37-33(44)27(19-24-13-7-4-8-14-24)22-30(41)29(21-26-17-11-6-12-18-26)40-34(45)46-35(2,3)39-40/h4-18,23,27-30,39,41H,19-22H2,1-3H3,(H2,36,42)(H,37,44)(H,38,43)/t23-,27+,28-,29-,30+/m0/s1. The zero-order valence-corrected chi connectivity index (χ0v) is 26.4. The van der Waals surface area contributed by atoms with Gasteiger partial charge in [0.25, 0.3) is 0 Å². The van der Waals surface area contributed by atoms with Crippen molar-refractivity contribution in [1.82, 2.24) is 21.1 Å². The van der Waals surface area contributed by atoms with E-state index in [9.17, 15) is 24.3 Å². The minimum absolute atomic E-state index is 0.0175. The van der Waals surface area contributed by atoms with Crippen LogP contribution in [-0.2, 0) is 38.4 Å². The van der Waals surface area contributed by atoms with Crippen LogP contribution in [0.3, 0.4) is 0 Å². The lowest BCUT2D eigenvalue weighted by molar-refractivity contribution is -0.133. The van der Waals surface area contributed by atoms with E-state index in [2.05, 4.69) is 16.1 Å². The van der Waals surface area contributed by atoms with Gasteiger partial charge in [-0.1, -0.05) is 91.0 Å². The van der Waals surface area contributed by atoms with Crippen molar-refractivity contribution in [2.75, 3.05) is 0 Å². The normalized spacial score (nSPS) is 17.2. The number of nitrogens with two attached hydrogens (primary N) is 1. The highest BCUT2D eigenvalue weighted by molar-refractivity contribution is 5.92. The van der Waals surface area contributed by atoms with E-state index >= 15 is 0 Å². The Kier molecular flexibility index (Phi) is 11.5. The Morgan fingerprint density at radius 2 is 1.33 bits per heavy atom. The highest BCUT2D eigenvalue weighted by Crippen LogP contribution is 2.26. The Bertz CT molecular complexity index is 1470. The highest BCUT2D eigenvalue weighted by Gasteiger charge is 2.44. The van der Waals surface area contributed by atoms with Gasteiger partial charge in [-0.3, -0.25) is 14.4 Å². The molecule has 0 radical (unpaired) electrons. The molecule has 6 N–H and O–H groups in total. The van der Waals surface area contributed by atoms with Crippen LogP contribution >= 0.6 is 0 Å². The quantitative estimate of drug-likeness (QED) is 0.173. The third kappa shape index (κ3) is 9.63. The van der Waals surface area contributed by atoms with Crippen molar-refractivity contribution < 1.29 is 29.0 Å². The second-order valence-corrected chi connectivity index (χ2v) is 12.2. The maximum Gasteiger partial charge on any atom is 0.426 e. The second-order valence-electron chi connectivity index (χ2n) is 12.2. The number of hydrazine groups is 1. The zero-order chi connectivity index (χ0) is 33.3. The van der Waals surface area contributed by atoms with Crippen LogP contribution in [0.15, 0.2) is 91.0 Å². The number of aliphatic hydroxyl groups excluding tert-OH is 1. The first-order chi connectivity index (χ1) is 21.9. The minimum Gasteiger partial charge on any atom is -0.426 e. The van der Waals surface area contributed by atoms with Crippen LogP contribution in [0.5, 0.6) is 0 Å². The van der Waals surface area contributed by atoms with Crippen LogP contribution in [-0.4, -0.2) is 63.9 Å². The molecule has 46 heavy (non-hydrogen) atoms. The van der Waals surface area contributed by atoms with Gasteiger partial charge in [-0.15, -0.1) is 0 Å². The van der Waals surface area contributed by atoms with E-state index in [1.807, 2.05) is 91.0 Å². The van der Waals surface area contributed by atoms with Gasteiger partial charge in [-0.05, 0) is 56.7 Å². The zero-order valence-electron chi connectivity index (χ0n) is 26.4. The van der Waals surface area contributed by atoms with Crippen molar-refractivity contribution in [3.63, 3.8) is 0 Å². The van der Waals surface area contributed by atoms with Gasteiger partial charge >= 0.3 is 6.09 Å². The fourth-order valence-corrected chi connectivity index (χ4v) is 5.50. The summed E-state index contributed by atoms with van der Waals surface area (Å²) < 4.78 is 5.45. The van der Waals surface area contributed by atoms with Gasteiger partial charge in [0.05, 0.1) is 12.1 Å². The first kappa shape index (κ1) is 34.1. The number of cyclic esters (lactones) is 1. The largest absolute Gasteiger partial charge is 0.426 e. The van der Waals surface area contributed by atoms with Gasteiger partial charge in [0.2, 0.25) is 17.7 Å². The van der Waals surface area contributed by atoms with Crippen molar-refractivity contribution >= 4 is 23.8 Å². The summed E-state index contributed by atoms with van der Waals surface area (Å²) >= 11 is 0. The number of carbonyl (C=O) groups is 4. The van der Waals surface area contributed by atoms with Gasteiger partial charge in [0.15, 0.2) is 5.72 Å². The molecular formula is C35H43N5O6. The van der Waals surface area contributed by atoms with Gasteiger partial charge in [0, 0.05) is 12.3 Å². The predicted molar refractivity (Wildman–Crippen MR) is 173 cm³/mol. The van der Waals surface area contributed by atoms with E-state index in [1.165, 1.54) is 11.9 Å². The van der Waals surface area contributed by atoms with E-state index in [4.69, 9.17) is 10.5 Å². The molecule has 1 heterocycles. The Balaban J connectivity index is 1.50. The highest BCUT2D eigenvalue weighted by atomic mass is 16.6. The molecule has 4 amide bonds. The number of nitrogens with zero attached hydrogens (tertiary/aromatic N) is 1. The van der Waals surface area contributed by atoms with Crippen molar-refractivity contribution in [2.45, 2.75) is 76.4 Å². The number of aliphatic hydroxyl groups is 1. The maximum absolute atomic E-state index is 13.8. The Morgan fingerprint density at radius 3 is 1.80 bits per heavy atom. The Hall–Kier alpha value is -4.74. The van der Waals surface area contributed by atoms with Crippen molar-refractivity contribution in [3.05, 3.63) is 108 Å². The number of benzene rings is 3. The third-order valence-electron chi connectivity index (χ3n) is 7.91. The molecule has 1 aliphatic heterocycles. The van der Waals surface area contributed by atoms with E-state index in [-0.39, 0.29) is 19.3 Å². The lowest BCUT2D eigenvalue weighted by Crippen LogP contribution is -2.55. The summed E-state index contributed by atoms with van der Waals surface area (Å²) in [6.07, 6.45) is -1.01. The SMILES string of the molecule is C[C@H](NC(=O)[C@H](Cc1ccccc1)C[C@@H](O)[C@H](Cc1ccccc1)N1NC(C)(C)OC1=O)C(=O)N[C@@H](Cc1ccccc1)C(N)=O. The van der Waals surface area contributed by atoms with Crippen LogP contribution in [0, 0.1) is 5.92 Å². The number of carbonyl (C=O) groups excluding carboxylic acids is 4. The summed E-state index contributed by atoms with van der Waals surface area (Å²) in [4.78, 5) is 51.9. The molecule has 0 unspecified atom stereocenters. The molecule has 11 nitrogen and oxygen atoms in total. The topological polar surface area (TPSA) is 163 Å². The monoisotopic (exact) mass is 629 g/mol. The van der Waals surface area contributed by atoms with Gasteiger partial charge in [0.1, 0.15) is 12.1 Å². The van der Waals surface area contributed by atoms with Gasteiger partial charge < -0.3 is 26.2 Å². The number of ether oxygens (including phenoxy) is 1. The number of nitrogens with one attached hydrogen (secondary N) is 3. The van der Waals surface area contributed by atoms with Crippen LogP contribution in [0.25, 0.3) is 0 Å². The van der Waals surface area contributed by atoms with Crippen LogP contribution < -0.4 is 21.8 Å². The lowest BCUT2D eigenvalue weighted by atomic mass is 9.88. The molecule has 5 atom stereocenters. The average molecular weight is 630 g/mol. The van der Waals surface area contributed by atoms with Gasteiger partial charge in [-0.2, -0.15) is 5.43 Å². The minimum atomic E-state index is -1.15. The van der Waals surface area contributed by atoms with Crippen molar-refractivity contribution in [1.29, 1.82) is 0 Å². The average Bonchev–Trinajstić information content (AvgIpc) is 3.31. The summed E-state index contributed by atoms with van der Waals surface area (Å²) in [5.74, 6) is -2.49. The second kappa shape index (κ2) is 15.5. The molecule has 3 aromatic carbocycles. The number of hydrogen-bond donors (Lipinski definition) is 5. The number of primary amides is 1. The van der Waals surface area contributed by atoms with Gasteiger partial charge in [-0.25, -0.2) is 9.80 Å². The molecule has 11 heteroatoms. The summed E-state index contributed by atoms with van der Waals surface area (Å²) in [5, 5.41) is 18.4. The molecule has 1 fully saturated rings. The number of hydrogen-bond acceptors (Lipinski definition) is 7. The summed E-state index contributed by atoms with van der Waals surface area (Å²) in [6, 6.07) is 25.2. The van der Waals surface area contributed by atoms with Crippen LogP contribution in [0.2, 0.25) is 0 Å². The predicted octanol–water partition coefficient (Wildman–Crippen LogP) is 2.62. The molecule has 0 saturated carbocycles. The molecule has 3 aromatic rings. The molecule has 0 aliphatic carbocycles. The molecule has 1 aliphatic rings. The summed E-state index contributed by atoms with van der Waals surface area (Å²) in [6.45, 7) is 4.93. The Labute approximate surface area is 269 Å². The van der Waals surface area contributed by atoms with E-state index < -0.39 is 59.7 Å². The molecule has 1 saturated heterocycles. The number of rotatable bonds is 15. The molecule has 0 spiro atoms. The molecule has 4 rings (SSSR count). The first-order valence-electron chi connectivity index (χ1n) is 15.4. The maximum atomic E-state index is 13.8. The van der Waals surface area contributed by atoms with Crippen molar-refractivity contribution in [2.24, 2.45) is 11.7 Å². The van der Waals surface area contributed by atoms with Crippen LogP contribution in [0.4, 0.5) is 4.79 Å². The van der Waals surface area contributed by atoms with E-state index in [0.29, 0.717) is 6.42 Å². The number of amides is 4. The van der Waals surface area contributed by atoms with E-state index in [0.717, 1.165) is 16.7 Å². The summed E-state index contributed by atoms with van der Waals surface area (Å²) in [5.41, 5.74) is 10.2. The third-order valence-corrected chi connectivity index (χ3v) is 7.91. The fraction of sp³-hybridized carbons (Fsp3) is 0.371. The van der Waals surface area contributed by atoms with Crippen molar-refractivity contribution in [3.8, 4) is 0 Å². The smallest absolute Gasteiger partial charge is 0.426 e. The molecule has 0 aromatic heterocycles.